The molecule has 1 aliphatic heterocycles. The molecule has 1 heterocycles. The van der Waals surface area contributed by atoms with Crippen LogP contribution in [0.3, 0.4) is 0 Å². The summed E-state index contributed by atoms with van der Waals surface area (Å²) in [5, 5.41) is 0. The van der Waals surface area contributed by atoms with Crippen LogP contribution in [0.5, 0.6) is 0 Å². The zero-order valence-electron chi connectivity index (χ0n) is 12.3. The molecule has 0 saturated heterocycles. The SMILES string of the molecule is CC1CCC(CN)(C(=O)N2CCc3ccccc32)CC1. The van der Waals surface area contributed by atoms with Gasteiger partial charge >= 0.3 is 0 Å². The lowest BCUT2D eigenvalue weighted by atomic mass is 9.70. The lowest BCUT2D eigenvalue weighted by Crippen LogP contribution is -2.49. The number of benzene rings is 1. The van der Waals surface area contributed by atoms with E-state index in [9.17, 15) is 4.79 Å². The van der Waals surface area contributed by atoms with Crippen molar-refractivity contribution < 1.29 is 4.79 Å². The molecule has 1 aromatic rings. The lowest BCUT2D eigenvalue weighted by Gasteiger charge is -2.39. The zero-order chi connectivity index (χ0) is 14.2. The predicted octanol–water partition coefficient (Wildman–Crippen LogP) is 2.73. The second-order valence-corrected chi connectivity index (χ2v) is 6.50. The standard InChI is InChI=1S/C17H24N2O/c1-13-6-9-17(12-18,10-7-13)16(20)19-11-8-14-4-2-3-5-15(14)19/h2-5,13H,6-12,18H2,1H3. The summed E-state index contributed by atoms with van der Waals surface area (Å²) in [6, 6.07) is 8.26. The quantitative estimate of drug-likeness (QED) is 0.900. The fourth-order valence-electron chi connectivity index (χ4n) is 3.66. The van der Waals surface area contributed by atoms with Crippen LogP contribution in [-0.2, 0) is 11.2 Å². The molecular weight excluding hydrogens is 248 g/mol. The molecule has 3 heteroatoms. The molecule has 3 nitrogen and oxygen atoms in total. The van der Waals surface area contributed by atoms with Crippen LogP contribution in [0, 0.1) is 11.3 Å². The Morgan fingerprint density at radius 1 is 1.35 bits per heavy atom. The number of nitrogens with zero attached hydrogens (tertiary/aromatic N) is 1. The van der Waals surface area contributed by atoms with E-state index in [1.54, 1.807) is 0 Å². The average molecular weight is 272 g/mol. The molecule has 20 heavy (non-hydrogen) atoms. The molecule has 1 aromatic carbocycles. The van der Waals surface area contributed by atoms with Gasteiger partial charge in [-0.3, -0.25) is 4.79 Å². The lowest BCUT2D eigenvalue weighted by molar-refractivity contribution is -0.129. The second-order valence-electron chi connectivity index (χ2n) is 6.50. The van der Waals surface area contributed by atoms with Gasteiger partial charge in [-0.1, -0.05) is 25.1 Å². The molecule has 1 fully saturated rings. The van der Waals surface area contributed by atoms with Crippen molar-refractivity contribution in [2.75, 3.05) is 18.0 Å². The van der Waals surface area contributed by atoms with Crippen LogP contribution >= 0.6 is 0 Å². The molecule has 0 unspecified atom stereocenters. The minimum absolute atomic E-state index is 0.261. The van der Waals surface area contributed by atoms with E-state index in [1.807, 2.05) is 17.0 Å². The van der Waals surface area contributed by atoms with Crippen LogP contribution in [0.15, 0.2) is 24.3 Å². The van der Waals surface area contributed by atoms with Gasteiger partial charge in [0.05, 0.1) is 5.41 Å². The van der Waals surface area contributed by atoms with Gasteiger partial charge in [-0.15, -0.1) is 0 Å². The second kappa shape index (κ2) is 5.21. The van der Waals surface area contributed by atoms with Gasteiger partial charge in [-0.05, 0) is 49.7 Å². The highest BCUT2D eigenvalue weighted by Crippen LogP contribution is 2.41. The summed E-state index contributed by atoms with van der Waals surface area (Å²) in [6.07, 6.45) is 5.11. The van der Waals surface area contributed by atoms with E-state index in [0.29, 0.717) is 6.54 Å². The number of hydrogen-bond donors (Lipinski definition) is 1. The van der Waals surface area contributed by atoms with Crippen LogP contribution in [-0.4, -0.2) is 19.0 Å². The van der Waals surface area contributed by atoms with Gasteiger partial charge in [0, 0.05) is 18.8 Å². The number of para-hydroxylation sites is 1. The summed E-state index contributed by atoms with van der Waals surface area (Å²) >= 11 is 0. The van der Waals surface area contributed by atoms with Gasteiger partial charge in [-0.25, -0.2) is 0 Å². The molecule has 0 spiro atoms. The summed E-state index contributed by atoms with van der Waals surface area (Å²) in [7, 11) is 0. The third-order valence-electron chi connectivity index (χ3n) is 5.21. The molecular formula is C17H24N2O. The van der Waals surface area contributed by atoms with Crippen LogP contribution in [0.25, 0.3) is 0 Å². The van der Waals surface area contributed by atoms with Crippen LogP contribution < -0.4 is 10.6 Å². The molecule has 1 amide bonds. The third kappa shape index (κ3) is 2.14. The van der Waals surface area contributed by atoms with E-state index in [0.717, 1.165) is 50.3 Å². The topological polar surface area (TPSA) is 46.3 Å². The minimum atomic E-state index is -0.316. The first-order valence-corrected chi connectivity index (χ1v) is 7.76. The summed E-state index contributed by atoms with van der Waals surface area (Å²) in [5.74, 6) is 0.991. The van der Waals surface area contributed by atoms with Crippen molar-refractivity contribution in [2.24, 2.45) is 17.1 Å². The molecule has 2 aliphatic rings. The van der Waals surface area contributed by atoms with Crippen LogP contribution in [0.2, 0.25) is 0 Å². The molecule has 1 saturated carbocycles. The first kappa shape index (κ1) is 13.6. The number of amides is 1. The fourth-order valence-corrected chi connectivity index (χ4v) is 3.66. The fraction of sp³-hybridized carbons (Fsp3) is 0.588. The van der Waals surface area contributed by atoms with Crippen molar-refractivity contribution in [2.45, 2.75) is 39.0 Å². The number of fused-ring (bicyclic) bond motifs is 1. The highest BCUT2D eigenvalue weighted by molar-refractivity contribution is 5.99. The zero-order valence-corrected chi connectivity index (χ0v) is 12.3. The molecule has 0 bridgehead atoms. The summed E-state index contributed by atoms with van der Waals surface area (Å²) in [5.41, 5.74) is 8.10. The molecule has 0 atom stereocenters. The highest BCUT2D eigenvalue weighted by atomic mass is 16.2. The summed E-state index contributed by atoms with van der Waals surface area (Å²) < 4.78 is 0. The number of carbonyl (C=O) groups is 1. The van der Waals surface area contributed by atoms with E-state index in [4.69, 9.17) is 5.73 Å². The first-order valence-electron chi connectivity index (χ1n) is 7.76. The molecule has 0 radical (unpaired) electrons. The smallest absolute Gasteiger partial charge is 0.234 e. The molecule has 2 N–H and O–H groups in total. The van der Waals surface area contributed by atoms with Gasteiger partial charge in [0.2, 0.25) is 5.91 Å². The highest BCUT2D eigenvalue weighted by Gasteiger charge is 2.43. The maximum Gasteiger partial charge on any atom is 0.234 e. The largest absolute Gasteiger partial charge is 0.329 e. The van der Waals surface area contributed by atoms with E-state index < -0.39 is 0 Å². The number of carbonyl (C=O) groups excluding carboxylic acids is 1. The van der Waals surface area contributed by atoms with Crippen molar-refractivity contribution in [3.63, 3.8) is 0 Å². The predicted molar refractivity (Wildman–Crippen MR) is 81.6 cm³/mol. The average Bonchev–Trinajstić information content (AvgIpc) is 2.91. The third-order valence-corrected chi connectivity index (χ3v) is 5.21. The Kier molecular flexibility index (Phi) is 3.55. The Balaban J connectivity index is 1.85. The van der Waals surface area contributed by atoms with Gasteiger partial charge < -0.3 is 10.6 Å². The maximum absolute atomic E-state index is 13.1. The summed E-state index contributed by atoms with van der Waals surface area (Å²) in [4.78, 5) is 15.1. The Labute approximate surface area is 121 Å². The molecule has 1 aliphatic carbocycles. The molecule has 3 rings (SSSR count). The number of hydrogen-bond acceptors (Lipinski definition) is 2. The van der Waals surface area contributed by atoms with Crippen LogP contribution in [0.4, 0.5) is 5.69 Å². The molecule has 108 valence electrons. The van der Waals surface area contributed by atoms with Crippen molar-refractivity contribution in [1.82, 2.24) is 0 Å². The van der Waals surface area contributed by atoms with E-state index >= 15 is 0 Å². The molecule has 0 aromatic heterocycles. The Morgan fingerprint density at radius 2 is 2.05 bits per heavy atom. The maximum atomic E-state index is 13.1. The van der Waals surface area contributed by atoms with Crippen molar-refractivity contribution in [3.05, 3.63) is 29.8 Å². The Morgan fingerprint density at radius 3 is 2.75 bits per heavy atom. The van der Waals surface area contributed by atoms with Crippen molar-refractivity contribution >= 4 is 11.6 Å². The first-order chi connectivity index (χ1) is 9.66. The Bertz CT molecular complexity index is 503. The van der Waals surface area contributed by atoms with Gasteiger partial charge in [0.25, 0.3) is 0 Å². The van der Waals surface area contributed by atoms with E-state index in [2.05, 4.69) is 19.1 Å². The number of nitrogens with two attached hydrogens (primary N) is 1. The normalized spacial score (nSPS) is 29.3. The van der Waals surface area contributed by atoms with Crippen LogP contribution in [0.1, 0.15) is 38.2 Å². The van der Waals surface area contributed by atoms with E-state index in [-0.39, 0.29) is 11.3 Å². The van der Waals surface area contributed by atoms with Crippen molar-refractivity contribution in [3.8, 4) is 0 Å². The van der Waals surface area contributed by atoms with Gasteiger partial charge in [-0.2, -0.15) is 0 Å². The van der Waals surface area contributed by atoms with E-state index in [1.165, 1.54) is 5.56 Å². The number of anilines is 1. The minimum Gasteiger partial charge on any atom is -0.329 e. The Hall–Kier alpha value is -1.35. The number of rotatable bonds is 2. The summed E-state index contributed by atoms with van der Waals surface area (Å²) in [6.45, 7) is 3.57. The van der Waals surface area contributed by atoms with Gasteiger partial charge in [0.15, 0.2) is 0 Å². The van der Waals surface area contributed by atoms with Gasteiger partial charge in [0.1, 0.15) is 0 Å². The van der Waals surface area contributed by atoms with Crippen molar-refractivity contribution in [1.29, 1.82) is 0 Å². The monoisotopic (exact) mass is 272 g/mol.